The SMILES string of the molecule is Cc1ccn(CCC(=O)N2CCCC2c2nc3ccc(Cl)cc3[nH]2)n1.O=C(O)C(F)(F)F. The molecule has 1 aromatic carbocycles. The Morgan fingerprint density at radius 1 is 1.31 bits per heavy atom. The Balaban J connectivity index is 0.000000360. The van der Waals surface area contributed by atoms with Crippen molar-refractivity contribution >= 4 is 34.5 Å². The van der Waals surface area contributed by atoms with Crippen LogP contribution in [-0.2, 0) is 16.1 Å². The van der Waals surface area contributed by atoms with Gasteiger partial charge in [0, 0.05) is 30.7 Å². The molecule has 2 N–H and O–H groups in total. The van der Waals surface area contributed by atoms with E-state index in [1.807, 2.05) is 47.0 Å². The fourth-order valence-corrected chi connectivity index (χ4v) is 3.62. The number of nitrogens with one attached hydrogen (secondary N) is 1. The monoisotopic (exact) mass is 471 g/mol. The maximum absolute atomic E-state index is 12.7. The second-order valence-electron chi connectivity index (χ2n) is 7.30. The largest absolute Gasteiger partial charge is 0.490 e. The highest BCUT2D eigenvalue weighted by atomic mass is 35.5. The summed E-state index contributed by atoms with van der Waals surface area (Å²) in [4.78, 5) is 31.5. The molecule has 32 heavy (non-hydrogen) atoms. The first-order valence-corrected chi connectivity index (χ1v) is 10.2. The highest BCUT2D eigenvalue weighted by molar-refractivity contribution is 6.31. The third-order valence-electron chi connectivity index (χ3n) is 4.92. The number of halogens is 4. The van der Waals surface area contributed by atoms with Crippen LogP contribution in [0.5, 0.6) is 0 Å². The van der Waals surface area contributed by atoms with E-state index in [2.05, 4.69) is 15.1 Å². The van der Waals surface area contributed by atoms with Crippen LogP contribution in [0.4, 0.5) is 13.2 Å². The maximum Gasteiger partial charge on any atom is 0.490 e. The lowest BCUT2D eigenvalue weighted by Crippen LogP contribution is -2.31. The Morgan fingerprint density at radius 3 is 2.66 bits per heavy atom. The molecule has 12 heteroatoms. The van der Waals surface area contributed by atoms with Crippen molar-refractivity contribution in [3.63, 3.8) is 0 Å². The lowest BCUT2D eigenvalue weighted by atomic mass is 10.2. The Kier molecular flexibility index (Phi) is 7.07. The van der Waals surface area contributed by atoms with E-state index < -0.39 is 12.1 Å². The van der Waals surface area contributed by atoms with E-state index in [1.165, 1.54) is 0 Å². The third-order valence-corrected chi connectivity index (χ3v) is 5.16. The number of aromatic nitrogens is 4. The standard InChI is InChI=1S/C18H20ClN5O.C2HF3O2/c1-12-6-9-23(22-12)10-7-17(25)24-8-2-3-16(24)18-20-14-5-4-13(19)11-15(14)21-18;3-2(4,5)1(6)7/h4-6,9,11,16H,2-3,7-8,10H2,1H3,(H,20,21);(H,6,7). The van der Waals surface area contributed by atoms with Crippen molar-refractivity contribution in [2.24, 2.45) is 0 Å². The van der Waals surface area contributed by atoms with Crippen molar-refractivity contribution in [1.29, 1.82) is 0 Å². The number of aromatic amines is 1. The van der Waals surface area contributed by atoms with Gasteiger partial charge >= 0.3 is 12.1 Å². The number of hydrogen-bond donors (Lipinski definition) is 2. The van der Waals surface area contributed by atoms with E-state index in [0.29, 0.717) is 18.0 Å². The number of carboxylic acids is 1. The minimum Gasteiger partial charge on any atom is -0.475 e. The number of hydrogen-bond acceptors (Lipinski definition) is 4. The van der Waals surface area contributed by atoms with E-state index >= 15 is 0 Å². The number of benzene rings is 1. The predicted molar refractivity (Wildman–Crippen MR) is 110 cm³/mol. The van der Waals surface area contributed by atoms with Crippen LogP contribution in [-0.4, -0.2) is 54.4 Å². The van der Waals surface area contributed by atoms with Gasteiger partial charge in [-0.1, -0.05) is 11.6 Å². The Labute approximate surface area is 186 Å². The molecule has 0 saturated carbocycles. The van der Waals surface area contributed by atoms with E-state index in [-0.39, 0.29) is 11.9 Å². The summed E-state index contributed by atoms with van der Waals surface area (Å²) in [5, 5.41) is 12.1. The van der Waals surface area contributed by atoms with Gasteiger partial charge in [0.1, 0.15) is 5.82 Å². The number of aliphatic carboxylic acids is 1. The first-order valence-electron chi connectivity index (χ1n) is 9.79. The van der Waals surface area contributed by atoms with Crippen LogP contribution in [0.3, 0.4) is 0 Å². The van der Waals surface area contributed by atoms with Crippen LogP contribution >= 0.6 is 11.6 Å². The van der Waals surface area contributed by atoms with Crippen molar-refractivity contribution in [3.05, 3.63) is 47.0 Å². The summed E-state index contributed by atoms with van der Waals surface area (Å²) in [5.41, 5.74) is 2.76. The van der Waals surface area contributed by atoms with Crippen LogP contribution < -0.4 is 0 Å². The zero-order valence-corrected chi connectivity index (χ0v) is 17.8. The number of aryl methyl sites for hydroxylation is 2. The lowest BCUT2D eigenvalue weighted by molar-refractivity contribution is -0.192. The molecule has 1 unspecified atom stereocenters. The smallest absolute Gasteiger partial charge is 0.475 e. The summed E-state index contributed by atoms with van der Waals surface area (Å²) >= 11 is 6.05. The molecule has 0 radical (unpaired) electrons. The number of carbonyl (C=O) groups is 2. The summed E-state index contributed by atoms with van der Waals surface area (Å²) in [6, 6.07) is 7.56. The van der Waals surface area contributed by atoms with Gasteiger partial charge < -0.3 is 15.0 Å². The van der Waals surface area contributed by atoms with Gasteiger partial charge in [-0.15, -0.1) is 0 Å². The van der Waals surface area contributed by atoms with Crippen molar-refractivity contribution in [3.8, 4) is 0 Å². The molecule has 3 aromatic rings. The van der Waals surface area contributed by atoms with Gasteiger partial charge in [0.2, 0.25) is 5.91 Å². The minimum atomic E-state index is -5.08. The van der Waals surface area contributed by atoms with Gasteiger partial charge in [-0.05, 0) is 44.0 Å². The fourth-order valence-electron chi connectivity index (χ4n) is 3.45. The van der Waals surface area contributed by atoms with Crippen molar-refractivity contribution in [2.45, 2.75) is 44.9 Å². The molecule has 0 spiro atoms. The summed E-state index contributed by atoms with van der Waals surface area (Å²) in [5.74, 6) is -1.76. The van der Waals surface area contributed by atoms with Gasteiger partial charge in [0.25, 0.3) is 0 Å². The number of imidazole rings is 1. The van der Waals surface area contributed by atoms with Crippen LogP contribution in [0, 0.1) is 6.92 Å². The molecular weight excluding hydrogens is 451 g/mol. The molecule has 1 atom stereocenters. The molecule has 4 rings (SSSR count). The Morgan fingerprint density at radius 2 is 2.03 bits per heavy atom. The number of amides is 1. The van der Waals surface area contributed by atoms with Gasteiger partial charge in [0.05, 0.1) is 22.8 Å². The topological polar surface area (TPSA) is 104 Å². The van der Waals surface area contributed by atoms with Crippen LogP contribution in [0.15, 0.2) is 30.5 Å². The van der Waals surface area contributed by atoms with Gasteiger partial charge in [0.15, 0.2) is 0 Å². The third kappa shape index (κ3) is 5.78. The second-order valence-corrected chi connectivity index (χ2v) is 7.74. The molecule has 0 aliphatic carbocycles. The normalized spacial score (nSPS) is 16.2. The molecule has 1 amide bonds. The molecule has 8 nitrogen and oxygen atoms in total. The minimum absolute atomic E-state index is 0.0121. The maximum atomic E-state index is 12.7. The number of alkyl halides is 3. The quantitative estimate of drug-likeness (QED) is 0.596. The highest BCUT2D eigenvalue weighted by Gasteiger charge is 2.38. The number of H-pyrrole nitrogens is 1. The number of fused-ring (bicyclic) bond motifs is 1. The molecule has 1 saturated heterocycles. The molecular formula is C20H21ClF3N5O3. The second kappa shape index (κ2) is 9.60. The summed E-state index contributed by atoms with van der Waals surface area (Å²) in [7, 11) is 0. The first-order chi connectivity index (χ1) is 15.0. The van der Waals surface area contributed by atoms with Crippen molar-refractivity contribution in [2.75, 3.05) is 6.54 Å². The van der Waals surface area contributed by atoms with Crippen LogP contribution in [0.2, 0.25) is 5.02 Å². The first kappa shape index (κ1) is 23.6. The Hall–Kier alpha value is -3.08. The molecule has 1 aliphatic rings. The fraction of sp³-hybridized carbons (Fsp3) is 0.400. The van der Waals surface area contributed by atoms with Crippen LogP contribution in [0.1, 0.15) is 36.8 Å². The number of carbonyl (C=O) groups excluding carboxylic acids is 1. The average molecular weight is 472 g/mol. The van der Waals surface area contributed by atoms with Crippen molar-refractivity contribution < 1.29 is 27.9 Å². The Bertz CT molecular complexity index is 1110. The molecule has 0 bridgehead atoms. The van der Waals surface area contributed by atoms with E-state index in [1.54, 1.807) is 0 Å². The van der Waals surface area contributed by atoms with E-state index in [0.717, 1.165) is 41.9 Å². The van der Waals surface area contributed by atoms with Crippen LogP contribution in [0.25, 0.3) is 11.0 Å². The molecule has 2 aromatic heterocycles. The zero-order chi connectivity index (χ0) is 23.5. The lowest BCUT2D eigenvalue weighted by Gasteiger charge is -2.23. The van der Waals surface area contributed by atoms with Gasteiger partial charge in [-0.3, -0.25) is 9.48 Å². The average Bonchev–Trinajstić information content (AvgIpc) is 3.44. The number of carboxylic acid groups (broad SMARTS) is 1. The summed E-state index contributed by atoms with van der Waals surface area (Å²) < 4.78 is 33.6. The van der Waals surface area contributed by atoms with Gasteiger partial charge in [-0.2, -0.15) is 18.3 Å². The number of rotatable bonds is 4. The molecule has 172 valence electrons. The summed E-state index contributed by atoms with van der Waals surface area (Å²) in [6.45, 7) is 3.33. The molecule has 3 heterocycles. The zero-order valence-electron chi connectivity index (χ0n) is 17.1. The van der Waals surface area contributed by atoms with Gasteiger partial charge in [-0.25, -0.2) is 9.78 Å². The van der Waals surface area contributed by atoms with Crippen molar-refractivity contribution in [1.82, 2.24) is 24.6 Å². The predicted octanol–water partition coefficient (Wildman–Crippen LogP) is 4.11. The molecule has 1 aliphatic heterocycles. The highest BCUT2D eigenvalue weighted by Crippen LogP contribution is 2.32. The van der Waals surface area contributed by atoms with E-state index in [9.17, 15) is 18.0 Å². The number of likely N-dealkylation sites (tertiary alicyclic amines) is 1. The number of nitrogens with zero attached hydrogens (tertiary/aromatic N) is 4. The summed E-state index contributed by atoms with van der Waals surface area (Å²) in [6.07, 6.45) is -0.800. The van der Waals surface area contributed by atoms with E-state index in [4.69, 9.17) is 21.5 Å². The molecule has 1 fully saturated rings.